The van der Waals surface area contributed by atoms with E-state index in [2.05, 4.69) is 28.9 Å². The van der Waals surface area contributed by atoms with Crippen molar-refractivity contribution in [1.29, 1.82) is 0 Å². The summed E-state index contributed by atoms with van der Waals surface area (Å²) in [6, 6.07) is 6.16. The molecule has 1 aromatic rings. The molecular weight excluding hydrogens is 210 g/mol. The maximum Gasteiger partial charge on any atom is 0.0547 e. The number of rotatable bonds is 5. The van der Waals surface area contributed by atoms with Gasteiger partial charge in [-0.1, -0.05) is 19.4 Å². The molecule has 0 aromatic carbocycles. The fraction of sp³-hybridized carbons (Fsp3) is 0.643. The molecule has 0 amide bonds. The molecule has 1 atom stereocenters. The summed E-state index contributed by atoms with van der Waals surface area (Å²) >= 11 is 0. The van der Waals surface area contributed by atoms with E-state index in [1.54, 1.807) is 0 Å². The van der Waals surface area contributed by atoms with Crippen molar-refractivity contribution in [2.75, 3.05) is 13.1 Å². The van der Waals surface area contributed by atoms with Crippen LogP contribution in [0.4, 0.5) is 0 Å². The molecule has 1 aliphatic rings. The summed E-state index contributed by atoms with van der Waals surface area (Å²) in [6.45, 7) is 6.25. The first-order valence-electron chi connectivity index (χ1n) is 6.69. The number of nitrogens with zero attached hydrogens (tertiary/aromatic N) is 2. The number of aromatic nitrogens is 1. The number of hydrogen-bond donors (Lipinski definition) is 1. The minimum Gasteiger partial charge on any atom is -0.325 e. The van der Waals surface area contributed by atoms with E-state index in [1.165, 1.54) is 32.4 Å². The van der Waals surface area contributed by atoms with Crippen LogP contribution in [0.2, 0.25) is 0 Å². The minimum atomic E-state index is 0.534. The molecule has 1 unspecified atom stereocenters. The first-order valence-corrected chi connectivity index (χ1v) is 6.69. The number of likely N-dealkylation sites (tertiary alicyclic amines) is 1. The van der Waals surface area contributed by atoms with Gasteiger partial charge < -0.3 is 5.73 Å². The molecule has 94 valence electrons. The maximum atomic E-state index is 5.61. The van der Waals surface area contributed by atoms with Crippen LogP contribution < -0.4 is 5.73 Å². The molecule has 0 saturated carbocycles. The molecule has 0 aliphatic carbocycles. The minimum absolute atomic E-state index is 0.534. The Morgan fingerprint density at radius 1 is 1.41 bits per heavy atom. The highest BCUT2D eigenvalue weighted by atomic mass is 15.1. The molecule has 0 bridgehead atoms. The Morgan fingerprint density at radius 3 is 3.00 bits per heavy atom. The highest BCUT2D eigenvalue weighted by molar-refractivity contribution is 5.11. The molecule has 1 aromatic heterocycles. The first kappa shape index (κ1) is 12.5. The van der Waals surface area contributed by atoms with Crippen molar-refractivity contribution < 1.29 is 0 Å². The highest BCUT2D eigenvalue weighted by Gasteiger charge is 2.21. The number of nitrogens with two attached hydrogens (primary N) is 1. The third-order valence-corrected chi connectivity index (χ3v) is 3.53. The molecule has 0 radical (unpaired) electrons. The molecule has 2 heterocycles. The van der Waals surface area contributed by atoms with Gasteiger partial charge in [0.05, 0.1) is 11.4 Å². The van der Waals surface area contributed by atoms with E-state index >= 15 is 0 Å². The van der Waals surface area contributed by atoms with Gasteiger partial charge in [0.15, 0.2) is 0 Å². The summed E-state index contributed by atoms with van der Waals surface area (Å²) in [6.07, 6.45) is 4.02. The van der Waals surface area contributed by atoms with E-state index in [-0.39, 0.29) is 0 Å². The molecule has 2 rings (SSSR count). The smallest absolute Gasteiger partial charge is 0.0547 e. The van der Waals surface area contributed by atoms with Gasteiger partial charge in [0, 0.05) is 19.6 Å². The third kappa shape index (κ3) is 3.51. The van der Waals surface area contributed by atoms with Crippen LogP contribution in [-0.4, -0.2) is 23.0 Å². The average molecular weight is 233 g/mol. The normalized spacial score (nSPS) is 20.9. The van der Waals surface area contributed by atoms with Crippen LogP contribution in [0.25, 0.3) is 0 Å². The van der Waals surface area contributed by atoms with Gasteiger partial charge in [0.1, 0.15) is 0 Å². The van der Waals surface area contributed by atoms with Crippen LogP contribution in [0.15, 0.2) is 18.2 Å². The number of pyridine rings is 1. The van der Waals surface area contributed by atoms with E-state index < -0.39 is 0 Å². The predicted molar refractivity (Wildman–Crippen MR) is 70.4 cm³/mol. The lowest BCUT2D eigenvalue weighted by Crippen LogP contribution is -2.21. The molecule has 3 nitrogen and oxygen atoms in total. The number of hydrogen-bond acceptors (Lipinski definition) is 3. The van der Waals surface area contributed by atoms with Crippen molar-refractivity contribution in [2.24, 2.45) is 11.7 Å². The lowest BCUT2D eigenvalue weighted by molar-refractivity contribution is 0.309. The zero-order chi connectivity index (χ0) is 12.1. The van der Waals surface area contributed by atoms with E-state index in [4.69, 9.17) is 5.73 Å². The Labute approximate surface area is 104 Å². The van der Waals surface area contributed by atoms with Gasteiger partial charge in [0.2, 0.25) is 0 Å². The van der Waals surface area contributed by atoms with Gasteiger partial charge in [-0.2, -0.15) is 0 Å². The second-order valence-electron chi connectivity index (χ2n) is 5.00. The summed E-state index contributed by atoms with van der Waals surface area (Å²) < 4.78 is 0. The molecule has 2 N–H and O–H groups in total. The fourth-order valence-corrected chi connectivity index (χ4v) is 2.66. The van der Waals surface area contributed by atoms with Crippen molar-refractivity contribution in [3.05, 3.63) is 29.6 Å². The quantitative estimate of drug-likeness (QED) is 0.847. The van der Waals surface area contributed by atoms with E-state index in [0.29, 0.717) is 6.54 Å². The lowest BCUT2D eigenvalue weighted by Gasteiger charge is -2.15. The second kappa shape index (κ2) is 6.12. The summed E-state index contributed by atoms with van der Waals surface area (Å²) in [5.41, 5.74) is 7.76. The topological polar surface area (TPSA) is 42.1 Å². The molecule has 17 heavy (non-hydrogen) atoms. The Balaban J connectivity index is 1.88. The van der Waals surface area contributed by atoms with Crippen LogP contribution in [0.5, 0.6) is 0 Å². The van der Waals surface area contributed by atoms with E-state index in [0.717, 1.165) is 23.9 Å². The van der Waals surface area contributed by atoms with Crippen molar-refractivity contribution >= 4 is 0 Å². The zero-order valence-electron chi connectivity index (χ0n) is 10.7. The maximum absolute atomic E-state index is 5.61. The molecule has 1 saturated heterocycles. The summed E-state index contributed by atoms with van der Waals surface area (Å²) in [5, 5.41) is 0. The standard InChI is InChI=1S/C14H23N3/c1-2-4-12-7-8-17(10-12)11-14-6-3-5-13(9-15)16-14/h3,5-6,12H,2,4,7-11,15H2,1H3. The van der Waals surface area contributed by atoms with Gasteiger partial charge in [-0.25, -0.2) is 0 Å². The van der Waals surface area contributed by atoms with E-state index in [9.17, 15) is 0 Å². The van der Waals surface area contributed by atoms with Gasteiger partial charge in [-0.15, -0.1) is 0 Å². The molecule has 0 spiro atoms. The first-order chi connectivity index (χ1) is 8.31. The van der Waals surface area contributed by atoms with Crippen LogP contribution in [0, 0.1) is 5.92 Å². The van der Waals surface area contributed by atoms with Gasteiger partial charge in [-0.05, 0) is 37.4 Å². The van der Waals surface area contributed by atoms with Crippen LogP contribution in [0.3, 0.4) is 0 Å². The van der Waals surface area contributed by atoms with Gasteiger partial charge >= 0.3 is 0 Å². The third-order valence-electron chi connectivity index (χ3n) is 3.53. The van der Waals surface area contributed by atoms with Crippen molar-refractivity contribution in [1.82, 2.24) is 9.88 Å². The predicted octanol–water partition coefficient (Wildman–Crippen LogP) is 2.16. The van der Waals surface area contributed by atoms with Crippen molar-refractivity contribution in [3.63, 3.8) is 0 Å². The van der Waals surface area contributed by atoms with Gasteiger partial charge in [-0.3, -0.25) is 9.88 Å². The average Bonchev–Trinajstić information content (AvgIpc) is 2.77. The summed E-state index contributed by atoms with van der Waals surface area (Å²) in [7, 11) is 0. The fourth-order valence-electron chi connectivity index (χ4n) is 2.66. The molecular formula is C14H23N3. The Hall–Kier alpha value is -0.930. The van der Waals surface area contributed by atoms with Gasteiger partial charge in [0.25, 0.3) is 0 Å². The zero-order valence-corrected chi connectivity index (χ0v) is 10.7. The second-order valence-corrected chi connectivity index (χ2v) is 5.00. The van der Waals surface area contributed by atoms with Crippen LogP contribution in [0.1, 0.15) is 37.6 Å². The van der Waals surface area contributed by atoms with Crippen LogP contribution >= 0.6 is 0 Å². The molecule has 3 heteroatoms. The van der Waals surface area contributed by atoms with Crippen molar-refractivity contribution in [2.45, 2.75) is 39.3 Å². The monoisotopic (exact) mass is 233 g/mol. The lowest BCUT2D eigenvalue weighted by atomic mass is 10.0. The van der Waals surface area contributed by atoms with Crippen LogP contribution in [-0.2, 0) is 13.1 Å². The highest BCUT2D eigenvalue weighted by Crippen LogP contribution is 2.22. The molecule has 1 aliphatic heterocycles. The molecule has 1 fully saturated rings. The van der Waals surface area contributed by atoms with Crippen molar-refractivity contribution in [3.8, 4) is 0 Å². The Morgan fingerprint density at radius 2 is 2.24 bits per heavy atom. The Bertz CT molecular complexity index is 351. The van der Waals surface area contributed by atoms with E-state index in [1.807, 2.05) is 6.07 Å². The Kier molecular flexibility index (Phi) is 4.51. The largest absolute Gasteiger partial charge is 0.325 e. The summed E-state index contributed by atoms with van der Waals surface area (Å²) in [4.78, 5) is 7.08. The SMILES string of the molecule is CCCC1CCN(Cc2cccc(CN)n2)C1. The summed E-state index contributed by atoms with van der Waals surface area (Å²) in [5.74, 6) is 0.901.